The standard InChI is InChI=1S/C12H12BrNO3/c13-8-3-1-7(2-4-8)9-5-10(9)12(17)14-6-11(15)16/h1-4,9-10H,5-6H2,(H,14,17)(H,15,16)/t9-,10+/m1/s1. The van der Waals surface area contributed by atoms with Crippen LogP contribution in [0.3, 0.4) is 0 Å². The molecule has 1 aliphatic rings. The van der Waals surface area contributed by atoms with E-state index in [1.54, 1.807) is 0 Å². The van der Waals surface area contributed by atoms with Gasteiger partial charge >= 0.3 is 5.97 Å². The quantitative estimate of drug-likeness (QED) is 0.890. The van der Waals surface area contributed by atoms with Gasteiger partial charge in [0.05, 0.1) is 0 Å². The molecule has 1 aromatic rings. The van der Waals surface area contributed by atoms with E-state index in [1.807, 2.05) is 24.3 Å². The summed E-state index contributed by atoms with van der Waals surface area (Å²) in [4.78, 5) is 21.9. The smallest absolute Gasteiger partial charge is 0.322 e. The zero-order valence-electron chi connectivity index (χ0n) is 9.02. The highest BCUT2D eigenvalue weighted by Crippen LogP contribution is 2.47. The van der Waals surface area contributed by atoms with Gasteiger partial charge in [0.25, 0.3) is 0 Å². The van der Waals surface area contributed by atoms with Crippen molar-refractivity contribution in [3.8, 4) is 0 Å². The lowest BCUT2D eigenvalue weighted by Gasteiger charge is -2.02. The number of benzene rings is 1. The molecule has 0 spiro atoms. The third kappa shape index (κ3) is 3.06. The second kappa shape index (κ2) is 4.87. The Balaban J connectivity index is 1.89. The number of hydrogen-bond donors (Lipinski definition) is 2. The Morgan fingerprint density at radius 2 is 2.00 bits per heavy atom. The van der Waals surface area contributed by atoms with Crippen molar-refractivity contribution < 1.29 is 14.7 Å². The topological polar surface area (TPSA) is 66.4 Å². The molecule has 2 N–H and O–H groups in total. The van der Waals surface area contributed by atoms with E-state index in [2.05, 4.69) is 21.2 Å². The number of carboxylic acid groups (broad SMARTS) is 1. The van der Waals surface area contributed by atoms with Crippen molar-refractivity contribution in [2.24, 2.45) is 5.92 Å². The van der Waals surface area contributed by atoms with Gasteiger partial charge in [-0.15, -0.1) is 0 Å². The Bertz CT molecular complexity index is 444. The number of carbonyl (C=O) groups excluding carboxylic acids is 1. The number of halogens is 1. The van der Waals surface area contributed by atoms with Crippen molar-refractivity contribution in [3.05, 3.63) is 34.3 Å². The Kier molecular flexibility index (Phi) is 3.47. The number of nitrogens with one attached hydrogen (secondary N) is 1. The fourth-order valence-electron chi connectivity index (χ4n) is 1.86. The summed E-state index contributed by atoms with van der Waals surface area (Å²) in [5.74, 6) is -1.02. The summed E-state index contributed by atoms with van der Waals surface area (Å²) in [5.41, 5.74) is 1.13. The minimum Gasteiger partial charge on any atom is -0.480 e. The lowest BCUT2D eigenvalue weighted by atomic mass is 10.1. The molecule has 0 radical (unpaired) electrons. The summed E-state index contributed by atoms with van der Waals surface area (Å²) >= 11 is 3.36. The number of amides is 1. The Morgan fingerprint density at radius 1 is 1.35 bits per heavy atom. The summed E-state index contributed by atoms with van der Waals surface area (Å²) in [6.07, 6.45) is 0.799. The van der Waals surface area contributed by atoms with Crippen LogP contribution in [0, 0.1) is 5.92 Å². The summed E-state index contributed by atoms with van der Waals surface area (Å²) in [6, 6.07) is 7.86. The van der Waals surface area contributed by atoms with Crippen molar-refractivity contribution in [1.82, 2.24) is 5.32 Å². The van der Waals surface area contributed by atoms with Crippen molar-refractivity contribution >= 4 is 27.8 Å². The minimum atomic E-state index is -1.01. The number of carbonyl (C=O) groups is 2. The lowest BCUT2D eigenvalue weighted by Crippen LogP contribution is -2.30. The molecule has 2 rings (SSSR count). The van der Waals surface area contributed by atoms with Crippen LogP contribution in [0.5, 0.6) is 0 Å². The maximum atomic E-state index is 11.6. The van der Waals surface area contributed by atoms with Gasteiger partial charge in [-0.2, -0.15) is 0 Å². The molecule has 0 bridgehead atoms. The molecule has 4 nitrogen and oxygen atoms in total. The molecule has 1 aliphatic carbocycles. The van der Waals surface area contributed by atoms with E-state index in [-0.39, 0.29) is 24.3 Å². The van der Waals surface area contributed by atoms with Gasteiger partial charge in [0.15, 0.2) is 0 Å². The molecule has 0 heterocycles. The minimum absolute atomic E-state index is 0.0736. The molecule has 1 saturated carbocycles. The van der Waals surface area contributed by atoms with Crippen LogP contribution in [0.25, 0.3) is 0 Å². The first kappa shape index (κ1) is 12.1. The van der Waals surface area contributed by atoms with E-state index >= 15 is 0 Å². The molecule has 1 fully saturated rings. The molecular weight excluding hydrogens is 286 g/mol. The normalized spacial score (nSPS) is 21.9. The molecular formula is C12H12BrNO3. The van der Waals surface area contributed by atoms with Gasteiger partial charge < -0.3 is 10.4 Å². The van der Waals surface area contributed by atoms with Crippen LogP contribution in [0.1, 0.15) is 17.9 Å². The van der Waals surface area contributed by atoms with Crippen molar-refractivity contribution in [2.75, 3.05) is 6.54 Å². The highest BCUT2D eigenvalue weighted by molar-refractivity contribution is 9.10. The Morgan fingerprint density at radius 3 is 2.59 bits per heavy atom. The molecule has 1 amide bonds. The van der Waals surface area contributed by atoms with Crippen molar-refractivity contribution in [1.29, 1.82) is 0 Å². The second-order valence-electron chi connectivity index (χ2n) is 4.11. The van der Waals surface area contributed by atoms with E-state index < -0.39 is 5.97 Å². The molecule has 2 atom stereocenters. The zero-order valence-corrected chi connectivity index (χ0v) is 10.6. The van der Waals surface area contributed by atoms with Crippen LogP contribution in [0.4, 0.5) is 0 Å². The summed E-state index contributed by atoms with van der Waals surface area (Å²) < 4.78 is 1.01. The van der Waals surface area contributed by atoms with Gasteiger partial charge in [0.2, 0.25) is 5.91 Å². The average molecular weight is 298 g/mol. The molecule has 1 aromatic carbocycles. The van der Waals surface area contributed by atoms with Crippen molar-refractivity contribution in [2.45, 2.75) is 12.3 Å². The molecule has 5 heteroatoms. The molecule has 0 saturated heterocycles. The maximum Gasteiger partial charge on any atom is 0.322 e. The van der Waals surface area contributed by atoms with Crippen LogP contribution >= 0.6 is 15.9 Å². The number of rotatable bonds is 4. The monoisotopic (exact) mass is 297 g/mol. The van der Waals surface area contributed by atoms with Gasteiger partial charge in [-0.1, -0.05) is 28.1 Å². The van der Waals surface area contributed by atoms with Crippen LogP contribution in [-0.2, 0) is 9.59 Å². The van der Waals surface area contributed by atoms with E-state index in [4.69, 9.17) is 5.11 Å². The van der Waals surface area contributed by atoms with Crippen molar-refractivity contribution in [3.63, 3.8) is 0 Å². The Hall–Kier alpha value is -1.36. The van der Waals surface area contributed by atoms with Crippen LogP contribution in [-0.4, -0.2) is 23.5 Å². The molecule has 17 heavy (non-hydrogen) atoms. The molecule has 90 valence electrons. The maximum absolute atomic E-state index is 11.6. The highest BCUT2D eigenvalue weighted by Gasteiger charge is 2.43. The molecule has 0 unspecified atom stereocenters. The SMILES string of the molecule is O=C(O)CNC(=O)[C@H]1C[C@@H]1c1ccc(Br)cc1. The zero-order chi connectivity index (χ0) is 12.4. The average Bonchev–Trinajstić information content (AvgIpc) is 3.07. The fourth-order valence-corrected chi connectivity index (χ4v) is 2.12. The van der Waals surface area contributed by atoms with E-state index in [0.717, 1.165) is 16.5 Å². The van der Waals surface area contributed by atoms with E-state index in [0.29, 0.717) is 0 Å². The lowest BCUT2D eigenvalue weighted by molar-refractivity contribution is -0.138. The fraction of sp³-hybridized carbons (Fsp3) is 0.333. The highest BCUT2D eigenvalue weighted by atomic mass is 79.9. The summed E-state index contributed by atoms with van der Waals surface area (Å²) in [5, 5.41) is 10.9. The van der Waals surface area contributed by atoms with E-state index in [1.165, 1.54) is 0 Å². The number of carboxylic acids is 1. The van der Waals surface area contributed by atoms with E-state index in [9.17, 15) is 9.59 Å². The van der Waals surface area contributed by atoms with Gasteiger partial charge in [-0.3, -0.25) is 9.59 Å². The first-order valence-corrected chi connectivity index (χ1v) is 6.12. The Labute approximate surface area is 107 Å². The predicted molar refractivity (Wildman–Crippen MR) is 65.6 cm³/mol. The largest absolute Gasteiger partial charge is 0.480 e. The summed E-state index contributed by atoms with van der Waals surface area (Å²) in [7, 11) is 0. The molecule has 0 aromatic heterocycles. The number of aliphatic carboxylic acids is 1. The van der Waals surface area contributed by atoms with Gasteiger partial charge in [-0.05, 0) is 30.0 Å². The van der Waals surface area contributed by atoms with Gasteiger partial charge in [0.1, 0.15) is 6.54 Å². The van der Waals surface area contributed by atoms with Crippen LogP contribution in [0.15, 0.2) is 28.7 Å². The number of hydrogen-bond acceptors (Lipinski definition) is 2. The molecule has 0 aliphatic heterocycles. The van der Waals surface area contributed by atoms with Gasteiger partial charge in [-0.25, -0.2) is 0 Å². The van der Waals surface area contributed by atoms with Gasteiger partial charge in [0, 0.05) is 10.4 Å². The van der Waals surface area contributed by atoms with Crippen LogP contribution < -0.4 is 5.32 Å². The van der Waals surface area contributed by atoms with Crippen LogP contribution in [0.2, 0.25) is 0 Å². The first-order valence-electron chi connectivity index (χ1n) is 5.33. The summed E-state index contributed by atoms with van der Waals surface area (Å²) in [6.45, 7) is -0.303. The first-order chi connectivity index (χ1) is 8.08. The predicted octanol–water partition coefficient (Wildman–Crippen LogP) is 1.75. The second-order valence-corrected chi connectivity index (χ2v) is 5.03. The third-order valence-electron chi connectivity index (χ3n) is 2.84. The third-order valence-corrected chi connectivity index (χ3v) is 3.37.